The number of rotatable bonds is 15. The molecule has 0 unspecified atom stereocenters. The number of carbonyl (C=O) groups excluding carboxylic acids is 2. The lowest BCUT2D eigenvalue weighted by Crippen LogP contribution is -2.29. The molecule has 43 heavy (non-hydrogen) atoms. The second kappa shape index (κ2) is 17.3. The highest BCUT2D eigenvalue weighted by Crippen LogP contribution is 2.43. The molecule has 0 N–H and O–H groups in total. The lowest BCUT2D eigenvalue weighted by atomic mass is 9.69. The van der Waals surface area contributed by atoms with Crippen LogP contribution in [-0.4, -0.2) is 38.4 Å². The Balaban J connectivity index is 1.16. The van der Waals surface area contributed by atoms with Gasteiger partial charge in [-0.1, -0.05) is 24.3 Å². The van der Waals surface area contributed by atoms with Crippen LogP contribution in [0.15, 0.2) is 55.1 Å². The van der Waals surface area contributed by atoms with E-state index in [1.54, 1.807) is 13.2 Å². The maximum Gasteiger partial charge on any atom is 0.341 e. The second-order valence-electron chi connectivity index (χ2n) is 12.4. The summed E-state index contributed by atoms with van der Waals surface area (Å²) in [6.07, 6.45) is 15.8. The van der Waals surface area contributed by atoms with Crippen molar-refractivity contribution >= 4 is 11.9 Å². The van der Waals surface area contributed by atoms with Gasteiger partial charge in [-0.15, -0.1) is 6.58 Å². The Kier molecular flexibility index (Phi) is 13.3. The van der Waals surface area contributed by atoms with E-state index in [9.17, 15) is 14.0 Å². The summed E-state index contributed by atoms with van der Waals surface area (Å²) < 4.78 is 30.8. The summed E-state index contributed by atoms with van der Waals surface area (Å²) >= 11 is 0. The Bertz CT molecular complexity index is 1160. The van der Waals surface area contributed by atoms with E-state index in [1.807, 2.05) is 24.3 Å². The van der Waals surface area contributed by atoms with Crippen molar-refractivity contribution in [3.05, 3.63) is 83.2 Å². The van der Waals surface area contributed by atoms with Crippen molar-refractivity contribution in [1.29, 1.82) is 0 Å². The molecule has 0 aliphatic heterocycles. The molecule has 2 fully saturated rings. The van der Waals surface area contributed by atoms with Gasteiger partial charge in [0.1, 0.15) is 11.9 Å². The van der Waals surface area contributed by atoms with Crippen LogP contribution in [0, 0.1) is 17.7 Å². The molecule has 0 bridgehead atoms. The van der Waals surface area contributed by atoms with Crippen molar-refractivity contribution < 1.29 is 28.2 Å². The fourth-order valence-corrected chi connectivity index (χ4v) is 6.80. The molecule has 0 atom stereocenters. The smallest absolute Gasteiger partial charge is 0.341 e. The molecule has 2 aliphatic carbocycles. The van der Waals surface area contributed by atoms with Gasteiger partial charge >= 0.3 is 11.9 Å². The minimum atomic E-state index is -0.541. The third-order valence-electron chi connectivity index (χ3n) is 9.40. The van der Waals surface area contributed by atoms with Gasteiger partial charge in [0.05, 0.1) is 17.7 Å². The number of hydrogen-bond acceptors (Lipinski definition) is 5. The summed E-state index contributed by atoms with van der Waals surface area (Å²) in [5.41, 5.74) is 2.86. The Morgan fingerprint density at radius 2 is 1.51 bits per heavy atom. The van der Waals surface area contributed by atoms with E-state index in [1.165, 1.54) is 24.5 Å². The molecule has 234 valence electrons. The van der Waals surface area contributed by atoms with Crippen molar-refractivity contribution in [3.8, 4) is 0 Å². The third kappa shape index (κ3) is 10.0. The van der Waals surface area contributed by atoms with Crippen LogP contribution in [0.1, 0.15) is 121 Å². The summed E-state index contributed by atoms with van der Waals surface area (Å²) in [5, 5.41) is 0. The maximum absolute atomic E-state index is 14.7. The predicted octanol–water partition coefficient (Wildman–Crippen LogP) is 9.00. The largest absolute Gasteiger partial charge is 0.462 e. The summed E-state index contributed by atoms with van der Waals surface area (Å²) in [5.74, 6) is 0.607. The number of carbonyl (C=O) groups is 2. The molecule has 2 aliphatic rings. The number of unbranched alkanes of at least 4 members (excludes halogenated alkanes) is 3. The van der Waals surface area contributed by atoms with Gasteiger partial charge in [-0.3, -0.25) is 0 Å². The van der Waals surface area contributed by atoms with Crippen LogP contribution in [0.4, 0.5) is 4.39 Å². The molecule has 0 radical (unpaired) electrons. The van der Waals surface area contributed by atoms with Gasteiger partial charge in [-0.2, -0.15) is 0 Å². The minimum Gasteiger partial charge on any atom is -0.462 e. The molecule has 0 amide bonds. The highest BCUT2D eigenvalue weighted by Gasteiger charge is 2.32. The molecule has 0 saturated heterocycles. The van der Waals surface area contributed by atoms with Crippen molar-refractivity contribution in [1.82, 2.24) is 0 Å². The molecule has 2 aromatic rings. The van der Waals surface area contributed by atoms with Crippen LogP contribution < -0.4 is 0 Å². The zero-order chi connectivity index (χ0) is 30.4. The van der Waals surface area contributed by atoms with Crippen LogP contribution in [0.2, 0.25) is 0 Å². The number of allylic oxidation sites excluding steroid dienone is 1. The van der Waals surface area contributed by atoms with Crippen molar-refractivity contribution in [3.63, 3.8) is 0 Å². The lowest BCUT2D eigenvalue weighted by Gasteiger charge is -2.37. The monoisotopic (exact) mass is 592 g/mol. The maximum atomic E-state index is 14.7. The first-order chi connectivity index (χ1) is 21.0. The van der Waals surface area contributed by atoms with Crippen LogP contribution in [0.25, 0.3) is 0 Å². The van der Waals surface area contributed by atoms with E-state index in [2.05, 4.69) is 18.7 Å². The Labute approximate surface area is 257 Å². The second-order valence-corrected chi connectivity index (χ2v) is 12.4. The van der Waals surface area contributed by atoms with E-state index in [4.69, 9.17) is 14.2 Å². The molecular weight excluding hydrogens is 543 g/mol. The minimum absolute atomic E-state index is 0.0400. The van der Waals surface area contributed by atoms with Gasteiger partial charge in [0.25, 0.3) is 0 Å². The first-order valence-electron chi connectivity index (χ1n) is 16.3. The van der Waals surface area contributed by atoms with Crippen LogP contribution in [0.3, 0.4) is 0 Å². The highest BCUT2D eigenvalue weighted by atomic mass is 19.1. The Hall–Kier alpha value is -2.99. The molecule has 0 aromatic heterocycles. The fourth-order valence-electron chi connectivity index (χ4n) is 6.80. The van der Waals surface area contributed by atoms with Gasteiger partial charge < -0.3 is 14.2 Å². The van der Waals surface area contributed by atoms with Crippen molar-refractivity contribution in [2.24, 2.45) is 11.8 Å². The Morgan fingerprint density at radius 1 is 0.837 bits per heavy atom. The topological polar surface area (TPSA) is 61.8 Å². The van der Waals surface area contributed by atoms with Gasteiger partial charge in [0, 0.05) is 13.7 Å². The van der Waals surface area contributed by atoms with Crippen molar-refractivity contribution in [2.45, 2.75) is 102 Å². The first-order valence-corrected chi connectivity index (χ1v) is 16.3. The molecule has 4 rings (SSSR count). The number of esters is 2. The van der Waals surface area contributed by atoms with E-state index < -0.39 is 11.8 Å². The van der Waals surface area contributed by atoms with Gasteiger partial charge in [0.2, 0.25) is 0 Å². The van der Waals surface area contributed by atoms with E-state index in [-0.39, 0.29) is 17.6 Å². The number of ether oxygens (including phenoxy) is 3. The summed E-state index contributed by atoms with van der Waals surface area (Å²) in [4.78, 5) is 25.0. The number of aryl methyl sites for hydroxylation is 1. The molecule has 0 heterocycles. The third-order valence-corrected chi connectivity index (χ3v) is 9.40. The van der Waals surface area contributed by atoms with Crippen LogP contribution in [-0.2, 0) is 20.6 Å². The summed E-state index contributed by atoms with van der Waals surface area (Å²) in [7, 11) is 1.67. The van der Waals surface area contributed by atoms with Gasteiger partial charge in [-0.25, -0.2) is 14.0 Å². The fraction of sp³-hybridized carbons (Fsp3) is 0.568. The number of halogens is 1. The van der Waals surface area contributed by atoms with E-state index in [0.29, 0.717) is 36.5 Å². The van der Waals surface area contributed by atoms with Crippen LogP contribution >= 0.6 is 0 Å². The molecule has 2 aromatic carbocycles. The molecule has 0 spiro atoms. The summed E-state index contributed by atoms with van der Waals surface area (Å²) in [6.45, 7) is 4.83. The number of methoxy groups -OCH3 is 1. The zero-order valence-electron chi connectivity index (χ0n) is 25.9. The quantitative estimate of drug-likeness (QED) is 0.117. The predicted molar refractivity (Wildman–Crippen MR) is 168 cm³/mol. The zero-order valence-corrected chi connectivity index (χ0v) is 25.9. The number of benzene rings is 2. The Morgan fingerprint density at radius 3 is 2.16 bits per heavy atom. The van der Waals surface area contributed by atoms with E-state index >= 15 is 0 Å². The average Bonchev–Trinajstić information content (AvgIpc) is 3.03. The normalized spacial score (nSPS) is 22.1. The molecular formula is C37H49FO5. The summed E-state index contributed by atoms with van der Waals surface area (Å²) in [6, 6.07) is 12.9. The van der Waals surface area contributed by atoms with Gasteiger partial charge in [-0.05, 0) is 143 Å². The molecule has 5 nitrogen and oxygen atoms in total. The van der Waals surface area contributed by atoms with E-state index in [0.717, 1.165) is 82.6 Å². The lowest BCUT2D eigenvalue weighted by molar-refractivity contribution is 0.0110. The standard InChI is InChI=1S/C37H49FO5/c1-3-4-5-6-9-27-10-23-34(35(38)26-27)37(40)43-33-21-19-31(20-22-33)29-13-11-28(12-14-29)30-15-17-32(18-16-30)36(39)42-25-8-7-24-41-2/h3,10,15-18,23,26,28-29,31,33H,1,4-9,11-14,19-22,24-25H2,2H3. The van der Waals surface area contributed by atoms with Crippen molar-refractivity contribution in [2.75, 3.05) is 20.3 Å². The molecule has 2 saturated carbocycles. The average molecular weight is 593 g/mol. The first kappa shape index (κ1) is 32.9. The van der Waals surface area contributed by atoms with Crippen LogP contribution in [0.5, 0.6) is 0 Å². The highest BCUT2D eigenvalue weighted by molar-refractivity contribution is 5.90. The SMILES string of the molecule is C=CCCCCc1ccc(C(=O)OC2CCC(C3CCC(c4ccc(C(=O)OCCCCOC)cc4)CC3)CC2)c(F)c1. The van der Waals surface area contributed by atoms with Gasteiger partial charge in [0.15, 0.2) is 0 Å². The molecule has 6 heteroatoms. The number of hydrogen-bond donors (Lipinski definition) is 0.